The van der Waals surface area contributed by atoms with Gasteiger partial charge in [-0.25, -0.2) is 0 Å². The monoisotopic (exact) mass is 274 g/mol. The number of benzene rings is 1. The van der Waals surface area contributed by atoms with Gasteiger partial charge in [0.2, 0.25) is 5.91 Å². The Kier molecular flexibility index (Phi) is 3.66. The Labute approximate surface area is 107 Å². The molecule has 0 aromatic heterocycles. The molecule has 0 heterocycles. The topological polar surface area (TPSA) is 64.4 Å². The molecule has 19 heavy (non-hydrogen) atoms. The van der Waals surface area contributed by atoms with Crippen LogP contribution in [0.3, 0.4) is 0 Å². The van der Waals surface area contributed by atoms with Crippen molar-refractivity contribution in [3.05, 3.63) is 29.8 Å². The van der Waals surface area contributed by atoms with Crippen molar-refractivity contribution in [2.24, 2.45) is 5.73 Å². The van der Waals surface area contributed by atoms with Gasteiger partial charge in [-0.3, -0.25) is 10.1 Å². The van der Waals surface area contributed by atoms with Crippen molar-refractivity contribution in [3.63, 3.8) is 0 Å². The maximum atomic E-state index is 12.3. The van der Waals surface area contributed by atoms with E-state index in [0.29, 0.717) is 0 Å². The molecule has 2 rings (SSSR count). The lowest BCUT2D eigenvalue weighted by Gasteiger charge is -2.19. The average Bonchev–Trinajstić information content (AvgIpc) is 3.08. The average molecular weight is 274 g/mol. The van der Waals surface area contributed by atoms with Crippen LogP contribution < -0.4 is 15.8 Å². The lowest BCUT2D eigenvalue weighted by atomic mass is 10.1. The van der Waals surface area contributed by atoms with Gasteiger partial charge in [0.25, 0.3) is 0 Å². The lowest BCUT2D eigenvalue weighted by Crippen LogP contribution is -2.35. The van der Waals surface area contributed by atoms with Crippen molar-refractivity contribution < 1.29 is 22.7 Å². The second-order valence-electron chi connectivity index (χ2n) is 4.36. The van der Waals surface area contributed by atoms with Crippen molar-refractivity contribution in [2.45, 2.75) is 31.3 Å². The second kappa shape index (κ2) is 5.08. The summed E-state index contributed by atoms with van der Waals surface area (Å²) >= 11 is 0. The van der Waals surface area contributed by atoms with Crippen LogP contribution in [-0.4, -0.2) is 18.3 Å². The van der Waals surface area contributed by atoms with E-state index in [2.05, 4.69) is 10.1 Å². The minimum Gasteiger partial charge on any atom is -0.405 e. The first-order valence-electron chi connectivity index (χ1n) is 5.77. The Balaban J connectivity index is 2.27. The van der Waals surface area contributed by atoms with Crippen LogP contribution in [0.4, 0.5) is 13.2 Å². The molecule has 1 aromatic rings. The fraction of sp³-hybridized carbons (Fsp3) is 0.417. The molecule has 1 saturated carbocycles. The van der Waals surface area contributed by atoms with Gasteiger partial charge in [-0.1, -0.05) is 18.2 Å². The number of alkyl halides is 3. The van der Waals surface area contributed by atoms with Gasteiger partial charge in [0.1, 0.15) is 11.8 Å². The Morgan fingerprint density at radius 1 is 1.37 bits per heavy atom. The molecule has 1 aliphatic rings. The minimum absolute atomic E-state index is 0.0965. The summed E-state index contributed by atoms with van der Waals surface area (Å²) in [7, 11) is 0. The molecule has 1 atom stereocenters. The summed E-state index contributed by atoms with van der Waals surface area (Å²) in [4.78, 5) is 11.4. The quantitative estimate of drug-likeness (QED) is 0.861. The summed E-state index contributed by atoms with van der Waals surface area (Å²) in [6, 6.07) is 4.63. The van der Waals surface area contributed by atoms with E-state index in [0.717, 1.165) is 18.9 Å². The molecule has 1 fully saturated rings. The number of rotatable bonds is 5. The molecule has 0 aliphatic heterocycles. The summed E-state index contributed by atoms with van der Waals surface area (Å²) < 4.78 is 40.8. The zero-order valence-electron chi connectivity index (χ0n) is 9.91. The predicted molar refractivity (Wildman–Crippen MR) is 61.2 cm³/mol. The van der Waals surface area contributed by atoms with Crippen LogP contribution in [0.25, 0.3) is 0 Å². The van der Waals surface area contributed by atoms with Crippen LogP contribution in [0.15, 0.2) is 24.3 Å². The molecule has 3 N–H and O–H groups in total. The molecule has 1 aliphatic carbocycles. The standard InChI is InChI=1S/C12H13F3N2O2/c13-12(14,15)19-9-4-2-1-3-8(9)10(11(16)18)17-7-5-6-7/h1-4,7,10,17H,5-6H2,(H2,16,18). The highest BCUT2D eigenvalue weighted by Crippen LogP contribution is 2.32. The Morgan fingerprint density at radius 2 is 2.00 bits per heavy atom. The van der Waals surface area contributed by atoms with E-state index < -0.39 is 24.1 Å². The van der Waals surface area contributed by atoms with Gasteiger partial charge in [0.05, 0.1) is 0 Å². The molecule has 4 nitrogen and oxygen atoms in total. The minimum atomic E-state index is -4.81. The van der Waals surface area contributed by atoms with Gasteiger partial charge in [-0.15, -0.1) is 13.2 Å². The molecule has 104 valence electrons. The molecule has 1 unspecified atom stereocenters. The molecular weight excluding hydrogens is 261 g/mol. The smallest absolute Gasteiger partial charge is 0.405 e. The number of hydrogen-bond acceptors (Lipinski definition) is 3. The largest absolute Gasteiger partial charge is 0.573 e. The van der Waals surface area contributed by atoms with Crippen LogP contribution in [0.1, 0.15) is 24.4 Å². The first-order chi connectivity index (χ1) is 8.87. The molecule has 0 radical (unpaired) electrons. The zero-order valence-corrected chi connectivity index (χ0v) is 9.91. The number of nitrogens with one attached hydrogen (secondary N) is 1. The van der Waals surface area contributed by atoms with Gasteiger partial charge in [0, 0.05) is 11.6 Å². The summed E-state index contributed by atoms with van der Waals surface area (Å²) in [5, 5.41) is 2.91. The molecule has 1 amide bonds. The van der Waals surface area contributed by atoms with Gasteiger partial charge in [0.15, 0.2) is 0 Å². The van der Waals surface area contributed by atoms with Crippen molar-refractivity contribution in [2.75, 3.05) is 0 Å². The van der Waals surface area contributed by atoms with E-state index in [4.69, 9.17) is 5.73 Å². The van der Waals surface area contributed by atoms with Gasteiger partial charge in [-0.05, 0) is 18.9 Å². The number of para-hydroxylation sites is 1. The number of carbonyl (C=O) groups is 1. The third kappa shape index (κ3) is 3.85. The molecule has 0 bridgehead atoms. The third-order valence-corrected chi connectivity index (χ3v) is 2.72. The van der Waals surface area contributed by atoms with E-state index in [1.165, 1.54) is 18.2 Å². The molecule has 0 spiro atoms. The van der Waals surface area contributed by atoms with Crippen LogP contribution in [-0.2, 0) is 4.79 Å². The van der Waals surface area contributed by atoms with Crippen molar-refractivity contribution in [3.8, 4) is 5.75 Å². The SMILES string of the molecule is NC(=O)C(NC1CC1)c1ccccc1OC(F)(F)F. The van der Waals surface area contributed by atoms with E-state index in [-0.39, 0.29) is 11.6 Å². The first kappa shape index (κ1) is 13.7. The van der Waals surface area contributed by atoms with Gasteiger partial charge in [-0.2, -0.15) is 0 Å². The van der Waals surface area contributed by atoms with Crippen molar-refractivity contribution in [1.29, 1.82) is 0 Å². The van der Waals surface area contributed by atoms with E-state index in [1.807, 2.05) is 0 Å². The lowest BCUT2D eigenvalue weighted by molar-refractivity contribution is -0.275. The van der Waals surface area contributed by atoms with Crippen LogP contribution >= 0.6 is 0 Å². The van der Waals surface area contributed by atoms with Crippen LogP contribution in [0, 0.1) is 0 Å². The van der Waals surface area contributed by atoms with E-state index in [1.54, 1.807) is 0 Å². The fourth-order valence-corrected chi connectivity index (χ4v) is 1.75. The Bertz CT molecular complexity index is 472. The maximum Gasteiger partial charge on any atom is 0.573 e. The number of ether oxygens (including phenoxy) is 1. The highest BCUT2D eigenvalue weighted by molar-refractivity contribution is 5.82. The second-order valence-corrected chi connectivity index (χ2v) is 4.36. The first-order valence-corrected chi connectivity index (χ1v) is 5.77. The normalized spacial score (nSPS) is 17.0. The molecule has 0 saturated heterocycles. The third-order valence-electron chi connectivity index (χ3n) is 2.72. The van der Waals surface area contributed by atoms with Crippen molar-refractivity contribution >= 4 is 5.91 Å². The molecule has 1 aromatic carbocycles. The predicted octanol–water partition coefficient (Wildman–Crippen LogP) is 1.86. The highest BCUT2D eigenvalue weighted by atomic mass is 19.4. The Morgan fingerprint density at radius 3 is 2.53 bits per heavy atom. The van der Waals surface area contributed by atoms with E-state index >= 15 is 0 Å². The van der Waals surface area contributed by atoms with Crippen LogP contribution in [0.5, 0.6) is 5.75 Å². The summed E-state index contributed by atoms with van der Waals surface area (Å²) in [6.07, 6.45) is -3.05. The maximum absolute atomic E-state index is 12.3. The molecule has 7 heteroatoms. The number of primary amides is 1. The summed E-state index contributed by atoms with van der Waals surface area (Å²) in [5.41, 5.74) is 5.34. The molecular formula is C12H13F3N2O2. The van der Waals surface area contributed by atoms with Crippen molar-refractivity contribution in [1.82, 2.24) is 5.32 Å². The fourth-order valence-electron chi connectivity index (χ4n) is 1.75. The number of amides is 1. The summed E-state index contributed by atoms with van der Waals surface area (Å²) in [6.45, 7) is 0. The number of halogens is 3. The van der Waals surface area contributed by atoms with E-state index in [9.17, 15) is 18.0 Å². The number of nitrogens with two attached hydrogens (primary N) is 1. The Hall–Kier alpha value is -1.76. The summed E-state index contributed by atoms with van der Waals surface area (Å²) in [5.74, 6) is -1.14. The number of carbonyl (C=O) groups excluding carboxylic acids is 1. The number of hydrogen-bond donors (Lipinski definition) is 2. The highest BCUT2D eigenvalue weighted by Gasteiger charge is 2.35. The zero-order chi connectivity index (χ0) is 14.0. The van der Waals surface area contributed by atoms with Crippen LogP contribution in [0.2, 0.25) is 0 Å². The van der Waals surface area contributed by atoms with Gasteiger partial charge >= 0.3 is 6.36 Å². The van der Waals surface area contributed by atoms with Gasteiger partial charge < -0.3 is 10.5 Å².